The summed E-state index contributed by atoms with van der Waals surface area (Å²) in [5.41, 5.74) is 0. The molecule has 1 atom stereocenters. The molecule has 0 rings (SSSR count). The SMILES string of the molecule is COCCCC(O)C(OC)OC. The fraction of sp³-hybridized carbons (Fsp3) is 1.00. The Kier molecular flexibility index (Phi) is 7.39. The van der Waals surface area contributed by atoms with Gasteiger partial charge in [0.25, 0.3) is 0 Å². The van der Waals surface area contributed by atoms with Gasteiger partial charge in [0, 0.05) is 27.9 Å². The molecular formula is C8H18O4. The van der Waals surface area contributed by atoms with Crippen LogP contribution in [0.4, 0.5) is 0 Å². The Balaban J connectivity index is 3.47. The van der Waals surface area contributed by atoms with Gasteiger partial charge in [0.1, 0.15) is 6.10 Å². The molecule has 1 N–H and O–H groups in total. The summed E-state index contributed by atoms with van der Waals surface area (Å²) >= 11 is 0. The Morgan fingerprint density at radius 1 is 1.17 bits per heavy atom. The van der Waals surface area contributed by atoms with Crippen LogP contribution in [-0.2, 0) is 14.2 Å². The molecule has 0 aromatic heterocycles. The van der Waals surface area contributed by atoms with E-state index in [2.05, 4.69) is 0 Å². The summed E-state index contributed by atoms with van der Waals surface area (Å²) in [4.78, 5) is 0. The Bertz CT molecular complexity index is 93.1. The molecule has 0 aliphatic carbocycles. The van der Waals surface area contributed by atoms with Gasteiger partial charge >= 0.3 is 0 Å². The first-order chi connectivity index (χ1) is 5.76. The van der Waals surface area contributed by atoms with Crippen molar-refractivity contribution in [1.82, 2.24) is 0 Å². The zero-order valence-electron chi connectivity index (χ0n) is 7.95. The average Bonchev–Trinajstić information content (AvgIpc) is 2.07. The maximum atomic E-state index is 9.43. The van der Waals surface area contributed by atoms with Crippen LogP contribution in [0, 0.1) is 0 Å². The molecule has 0 aromatic rings. The van der Waals surface area contributed by atoms with Gasteiger partial charge in [-0.2, -0.15) is 0 Å². The van der Waals surface area contributed by atoms with Crippen LogP contribution in [0.3, 0.4) is 0 Å². The number of ether oxygens (including phenoxy) is 3. The Labute approximate surface area is 73.4 Å². The van der Waals surface area contributed by atoms with E-state index in [9.17, 15) is 5.11 Å². The Morgan fingerprint density at radius 2 is 1.75 bits per heavy atom. The highest BCUT2D eigenvalue weighted by atomic mass is 16.7. The largest absolute Gasteiger partial charge is 0.388 e. The second kappa shape index (κ2) is 7.49. The zero-order chi connectivity index (χ0) is 9.40. The van der Waals surface area contributed by atoms with Gasteiger partial charge in [0.15, 0.2) is 6.29 Å². The summed E-state index contributed by atoms with van der Waals surface area (Å²) in [5.74, 6) is 0. The molecule has 0 bridgehead atoms. The first-order valence-electron chi connectivity index (χ1n) is 3.98. The monoisotopic (exact) mass is 178 g/mol. The topological polar surface area (TPSA) is 47.9 Å². The summed E-state index contributed by atoms with van der Waals surface area (Å²) < 4.78 is 14.6. The Hall–Kier alpha value is -0.160. The van der Waals surface area contributed by atoms with E-state index >= 15 is 0 Å². The van der Waals surface area contributed by atoms with Gasteiger partial charge in [-0.25, -0.2) is 0 Å². The second-order valence-electron chi connectivity index (χ2n) is 2.54. The lowest BCUT2D eigenvalue weighted by molar-refractivity contribution is -0.166. The van der Waals surface area contributed by atoms with Crippen molar-refractivity contribution in [3.63, 3.8) is 0 Å². The zero-order valence-corrected chi connectivity index (χ0v) is 7.95. The van der Waals surface area contributed by atoms with Crippen molar-refractivity contribution in [2.75, 3.05) is 27.9 Å². The highest BCUT2D eigenvalue weighted by Crippen LogP contribution is 2.05. The molecule has 0 aliphatic rings. The van der Waals surface area contributed by atoms with E-state index in [1.54, 1.807) is 7.11 Å². The predicted octanol–water partition coefficient (Wildman–Crippen LogP) is 0.393. The third kappa shape index (κ3) is 4.66. The smallest absolute Gasteiger partial charge is 0.182 e. The van der Waals surface area contributed by atoms with Crippen LogP contribution in [0.15, 0.2) is 0 Å². The van der Waals surface area contributed by atoms with Gasteiger partial charge in [-0.15, -0.1) is 0 Å². The number of hydrogen-bond donors (Lipinski definition) is 1. The van der Waals surface area contributed by atoms with Gasteiger partial charge in [0.05, 0.1) is 0 Å². The van der Waals surface area contributed by atoms with Gasteiger partial charge in [-0.05, 0) is 12.8 Å². The van der Waals surface area contributed by atoms with Gasteiger partial charge in [-0.3, -0.25) is 0 Å². The van der Waals surface area contributed by atoms with Gasteiger partial charge < -0.3 is 19.3 Å². The Morgan fingerprint density at radius 3 is 2.17 bits per heavy atom. The van der Waals surface area contributed by atoms with Crippen LogP contribution in [-0.4, -0.2) is 45.4 Å². The molecule has 0 aliphatic heterocycles. The van der Waals surface area contributed by atoms with E-state index in [0.29, 0.717) is 13.0 Å². The first-order valence-corrected chi connectivity index (χ1v) is 3.98. The van der Waals surface area contributed by atoms with Crippen molar-refractivity contribution in [3.8, 4) is 0 Å². The van der Waals surface area contributed by atoms with Crippen molar-refractivity contribution < 1.29 is 19.3 Å². The van der Waals surface area contributed by atoms with Gasteiger partial charge in [0.2, 0.25) is 0 Å². The van der Waals surface area contributed by atoms with Crippen molar-refractivity contribution >= 4 is 0 Å². The predicted molar refractivity (Wildman–Crippen MR) is 44.9 cm³/mol. The van der Waals surface area contributed by atoms with Crippen molar-refractivity contribution in [3.05, 3.63) is 0 Å². The van der Waals surface area contributed by atoms with E-state index in [4.69, 9.17) is 14.2 Å². The molecule has 1 unspecified atom stereocenters. The minimum absolute atomic E-state index is 0.526. The lowest BCUT2D eigenvalue weighted by Crippen LogP contribution is -2.29. The normalized spacial score (nSPS) is 13.8. The van der Waals surface area contributed by atoms with Crippen LogP contribution < -0.4 is 0 Å². The fourth-order valence-corrected chi connectivity index (χ4v) is 0.983. The number of aliphatic hydroxyl groups excluding tert-OH is 1. The lowest BCUT2D eigenvalue weighted by atomic mass is 10.2. The van der Waals surface area contributed by atoms with Crippen molar-refractivity contribution in [1.29, 1.82) is 0 Å². The molecular weight excluding hydrogens is 160 g/mol. The summed E-state index contributed by atoms with van der Waals surface area (Å²) in [7, 11) is 4.65. The number of methoxy groups -OCH3 is 3. The summed E-state index contributed by atoms with van der Waals surface area (Å²) in [6, 6.07) is 0. The molecule has 0 heterocycles. The molecule has 0 radical (unpaired) electrons. The molecule has 0 aromatic carbocycles. The molecule has 0 amide bonds. The van der Waals surface area contributed by atoms with Crippen LogP contribution in [0.1, 0.15) is 12.8 Å². The molecule has 4 nitrogen and oxygen atoms in total. The number of aliphatic hydroxyl groups is 1. The van der Waals surface area contributed by atoms with Gasteiger partial charge in [-0.1, -0.05) is 0 Å². The van der Waals surface area contributed by atoms with E-state index in [1.807, 2.05) is 0 Å². The van der Waals surface area contributed by atoms with Crippen molar-refractivity contribution in [2.45, 2.75) is 25.2 Å². The summed E-state index contributed by atoms with van der Waals surface area (Å²) in [5, 5.41) is 9.43. The van der Waals surface area contributed by atoms with Crippen LogP contribution >= 0.6 is 0 Å². The molecule has 12 heavy (non-hydrogen) atoms. The minimum Gasteiger partial charge on any atom is -0.388 e. The lowest BCUT2D eigenvalue weighted by Gasteiger charge is -2.19. The second-order valence-corrected chi connectivity index (χ2v) is 2.54. The number of hydrogen-bond acceptors (Lipinski definition) is 4. The average molecular weight is 178 g/mol. The van der Waals surface area contributed by atoms with Crippen molar-refractivity contribution in [2.24, 2.45) is 0 Å². The van der Waals surface area contributed by atoms with E-state index in [0.717, 1.165) is 6.42 Å². The summed E-state index contributed by atoms with van der Waals surface area (Å²) in [6.07, 6.45) is 0.332. The number of rotatable bonds is 7. The van der Waals surface area contributed by atoms with E-state index < -0.39 is 12.4 Å². The highest BCUT2D eigenvalue weighted by molar-refractivity contribution is 4.59. The fourth-order valence-electron chi connectivity index (χ4n) is 0.983. The van der Waals surface area contributed by atoms with Crippen LogP contribution in [0.5, 0.6) is 0 Å². The molecule has 0 saturated heterocycles. The van der Waals surface area contributed by atoms with E-state index in [1.165, 1.54) is 14.2 Å². The minimum atomic E-state index is -0.574. The molecule has 0 saturated carbocycles. The maximum Gasteiger partial charge on any atom is 0.182 e. The van der Waals surface area contributed by atoms with Crippen LogP contribution in [0.2, 0.25) is 0 Å². The third-order valence-electron chi connectivity index (χ3n) is 1.63. The first kappa shape index (κ1) is 11.8. The quantitative estimate of drug-likeness (QED) is 0.452. The van der Waals surface area contributed by atoms with E-state index in [-0.39, 0.29) is 0 Å². The van der Waals surface area contributed by atoms with Crippen LogP contribution in [0.25, 0.3) is 0 Å². The standard InChI is InChI=1S/C8H18O4/c1-10-6-4-5-7(9)8(11-2)12-3/h7-9H,4-6H2,1-3H3. The third-order valence-corrected chi connectivity index (χ3v) is 1.63. The highest BCUT2D eigenvalue weighted by Gasteiger charge is 2.16. The molecule has 74 valence electrons. The summed E-state index contributed by atoms with van der Waals surface area (Å²) in [6.45, 7) is 0.650. The molecule has 0 spiro atoms. The molecule has 0 fully saturated rings. The molecule has 4 heteroatoms. The maximum absolute atomic E-state index is 9.43.